The zero-order chi connectivity index (χ0) is 27.1. The number of methoxy groups -OCH3 is 3. The third-order valence-corrected chi connectivity index (χ3v) is 5.63. The van der Waals surface area contributed by atoms with Crippen LogP contribution in [-0.4, -0.2) is 39.8 Å². The SMILES string of the molecule is COc1ccc(C(=O)OCC(=O)Nc2oc(-c3ccccc3)c(-c3ccccc3)c2C#N)c(OC)c1OC. The number of benzene rings is 3. The smallest absolute Gasteiger partial charge is 0.342 e. The molecule has 0 saturated carbocycles. The highest BCUT2D eigenvalue weighted by atomic mass is 16.5. The molecule has 0 aliphatic heterocycles. The average Bonchev–Trinajstić information content (AvgIpc) is 3.33. The van der Waals surface area contributed by atoms with Gasteiger partial charge in [-0.3, -0.25) is 10.1 Å². The van der Waals surface area contributed by atoms with Crippen LogP contribution in [0.5, 0.6) is 17.2 Å². The van der Waals surface area contributed by atoms with E-state index in [0.717, 1.165) is 11.1 Å². The van der Waals surface area contributed by atoms with E-state index >= 15 is 0 Å². The second-order valence-corrected chi connectivity index (χ2v) is 7.86. The Bertz CT molecular complexity index is 1490. The Morgan fingerprint density at radius 3 is 2.05 bits per heavy atom. The number of furan rings is 1. The number of anilines is 1. The van der Waals surface area contributed by atoms with Crippen LogP contribution < -0.4 is 19.5 Å². The van der Waals surface area contributed by atoms with Crippen LogP contribution in [0.3, 0.4) is 0 Å². The minimum atomic E-state index is -0.812. The molecule has 0 aliphatic carbocycles. The normalized spacial score (nSPS) is 10.3. The van der Waals surface area contributed by atoms with E-state index in [1.807, 2.05) is 60.7 Å². The molecule has 9 nitrogen and oxygen atoms in total. The lowest BCUT2D eigenvalue weighted by Gasteiger charge is -2.15. The summed E-state index contributed by atoms with van der Waals surface area (Å²) in [4.78, 5) is 25.5. The number of nitriles is 1. The fraction of sp³-hybridized carbons (Fsp3) is 0.138. The molecular weight excluding hydrogens is 488 g/mol. The van der Waals surface area contributed by atoms with Gasteiger partial charge in [-0.05, 0) is 17.7 Å². The monoisotopic (exact) mass is 512 g/mol. The second kappa shape index (κ2) is 11.7. The van der Waals surface area contributed by atoms with E-state index < -0.39 is 18.5 Å². The Kier molecular flexibility index (Phi) is 7.94. The molecule has 0 atom stereocenters. The van der Waals surface area contributed by atoms with Gasteiger partial charge >= 0.3 is 5.97 Å². The molecular formula is C29H24N2O7. The van der Waals surface area contributed by atoms with Crippen molar-refractivity contribution in [2.75, 3.05) is 33.3 Å². The van der Waals surface area contributed by atoms with Crippen LogP contribution in [-0.2, 0) is 9.53 Å². The lowest BCUT2D eigenvalue weighted by molar-refractivity contribution is -0.119. The van der Waals surface area contributed by atoms with Crippen molar-refractivity contribution < 1.29 is 33.0 Å². The van der Waals surface area contributed by atoms with Crippen molar-refractivity contribution in [2.45, 2.75) is 0 Å². The molecule has 38 heavy (non-hydrogen) atoms. The summed E-state index contributed by atoms with van der Waals surface area (Å²) in [7, 11) is 4.23. The van der Waals surface area contributed by atoms with Crippen LogP contribution in [0.2, 0.25) is 0 Å². The van der Waals surface area contributed by atoms with Crippen LogP contribution in [0.15, 0.2) is 77.2 Å². The standard InChI is InChI=1S/C29H24N2O7/c1-34-22-15-14-20(26(35-2)27(22)36-3)29(33)37-17-23(32)31-28-21(16-30)24(18-10-6-4-7-11-18)25(38-28)19-12-8-5-9-13-19/h4-15H,17H2,1-3H3,(H,31,32). The number of rotatable bonds is 9. The number of esters is 1. The fourth-order valence-corrected chi connectivity index (χ4v) is 3.93. The highest BCUT2D eigenvalue weighted by Crippen LogP contribution is 2.42. The van der Waals surface area contributed by atoms with Gasteiger partial charge in [-0.2, -0.15) is 5.26 Å². The van der Waals surface area contributed by atoms with Crippen LogP contribution in [0.4, 0.5) is 5.88 Å². The maximum absolute atomic E-state index is 12.8. The Balaban J connectivity index is 1.58. The summed E-state index contributed by atoms with van der Waals surface area (Å²) in [5.41, 5.74) is 2.22. The molecule has 0 fully saturated rings. The van der Waals surface area contributed by atoms with E-state index in [4.69, 9.17) is 23.4 Å². The van der Waals surface area contributed by atoms with Gasteiger partial charge in [0.1, 0.15) is 23.0 Å². The highest BCUT2D eigenvalue weighted by Gasteiger charge is 2.26. The Labute approximate surface area is 219 Å². The third-order valence-electron chi connectivity index (χ3n) is 5.63. The highest BCUT2D eigenvalue weighted by molar-refractivity contribution is 5.99. The molecule has 1 aromatic heterocycles. The van der Waals surface area contributed by atoms with Crippen molar-refractivity contribution in [3.8, 4) is 45.8 Å². The molecule has 1 heterocycles. The van der Waals surface area contributed by atoms with Crippen molar-refractivity contribution in [3.05, 3.63) is 83.9 Å². The van der Waals surface area contributed by atoms with Crippen LogP contribution in [0.25, 0.3) is 22.5 Å². The first-order valence-corrected chi connectivity index (χ1v) is 11.5. The molecule has 0 saturated heterocycles. The van der Waals surface area contributed by atoms with Crippen molar-refractivity contribution in [1.29, 1.82) is 5.26 Å². The first kappa shape index (κ1) is 25.9. The number of ether oxygens (including phenoxy) is 4. The van der Waals surface area contributed by atoms with Gasteiger partial charge in [0.05, 0.1) is 21.3 Å². The van der Waals surface area contributed by atoms with E-state index in [9.17, 15) is 14.9 Å². The van der Waals surface area contributed by atoms with E-state index in [2.05, 4.69) is 11.4 Å². The maximum Gasteiger partial charge on any atom is 0.342 e. The number of hydrogen-bond donors (Lipinski definition) is 1. The summed E-state index contributed by atoms with van der Waals surface area (Å²) < 4.78 is 27.0. The van der Waals surface area contributed by atoms with Gasteiger partial charge in [0.2, 0.25) is 11.6 Å². The van der Waals surface area contributed by atoms with E-state index in [1.54, 1.807) is 0 Å². The number of nitrogens with zero attached hydrogens (tertiary/aromatic N) is 1. The molecule has 0 bridgehead atoms. The zero-order valence-corrected chi connectivity index (χ0v) is 20.9. The number of amides is 1. The summed E-state index contributed by atoms with van der Waals surface area (Å²) in [5.74, 6) is -0.440. The van der Waals surface area contributed by atoms with Crippen molar-refractivity contribution in [3.63, 3.8) is 0 Å². The molecule has 0 radical (unpaired) electrons. The predicted octanol–water partition coefficient (Wildman–Crippen LogP) is 5.31. The lowest BCUT2D eigenvalue weighted by Crippen LogP contribution is -2.21. The van der Waals surface area contributed by atoms with Gasteiger partial charge in [-0.25, -0.2) is 4.79 Å². The van der Waals surface area contributed by atoms with E-state index in [-0.39, 0.29) is 28.5 Å². The molecule has 0 unspecified atom stereocenters. The fourth-order valence-electron chi connectivity index (χ4n) is 3.93. The minimum absolute atomic E-state index is 0.0463. The number of carbonyl (C=O) groups excluding carboxylic acids is 2. The Morgan fingerprint density at radius 1 is 0.842 bits per heavy atom. The van der Waals surface area contributed by atoms with Gasteiger partial charge in [0.25, 0.3) is 5.91 Å². The number of nitrogens with one attached hydrogen (secondary N) is 1. The summed E-state index contributed by atoms with van der Waals surface area (Å²) in [6.07, 6.45) is 0. The van der Waals surface area contributed by atoms with Gasteiger partial charge in [0.15, 0.2) is 18.1 Å². The zero-order valence-electron chi connectivity index (χ0n) is 20.9. The van der Waals surface area contributed by atoms with Crippen molar-refractivity contribution >= 4 is 17.8 Å². The summed E-state index contributed by atoms with van der Waals surface area (Å²) in [6, 6.07) is 23.6. The summed E-state index contributed by atoms with van der Waals surface area (Å²) in [6.45, 7) is -0.636. The lowest BCUT2D eigenvalue weighted by atomic mass is 9.98. The largest absolute Gasteiger partial charge is 0.493 e. The van der Waals surface area contributed by atoms with Crippen molar-refractivity contribution in [1.82, 2.24) is 0 Å². The molecule has 0 aliphatic rings. The first-order valence-electron chi connectivity index (χ1n) is 11.5. The Hall–Kier alpha value is -5.23. The molecule has 1 N–H and O–H groups in total. The van der Waals surface area contributed by atoms with E-state index in [1.165, 1.54) is 33.5 Å². The second-order valence-electron chi connectivity index (χ2n) is 7.86. The van der Waals surface area contributed by atoms with Gasteiger partial charge in [-0.1, -0.05) is 60.7 Å². The molecule has 9 heteroatoms. The predicted molar refractivity (Wildman–Crippen MR) is 139 cm³/mol. The molecule has 192 valence electrons. The summed E-state index contributed by atoms with van der Waals surface area (Å²) in [5, 5.41) is 12.5. The van der Waals surface area contributed by atoms with Crippen LogP contribution in [0, 0.1) is 11.3 Å². The molecule has 0 spiro atoms. The Morgan fingerprint density at radius 2 is 1.47 bits per heavy atom. The number of carbonyl (C=O) groups is 2. The topological polar surface area (TPSA) is 120 Å². The van der Waals surface area contributed by atoms with Gasteiger partial charge in [-0.15, -0.1) is 0 Å². The molecule has 3 aromatic carbocycles. The molecule has 1 amide bonds. The van der Waals surface area contributed by atoms with Gasteiger partial charge < -0.3 is 23.4 Å². The van der Waals surface area contributed by atoms with Crippen LogP contribution >= 0.6 is 0 Å². The average molecular weight is 513 g/mol. The third kappa shape index (κ3) is 5.15. The summed E-state index contributed by atoms with van der Waals surface area (Å²) >= 11 is 0. The van der Waals surface area contributed by atoms with Gasteiger partial charge in [0, 0.05) is 11.1 Å². The van der Waals surface area contributed by atoms with Crippen LogP contribution in [0.1, 0.15) is 15.9 Å². The van der Waals surface area contributed by atoms with E-state index in [0.29, 0.717) is 17.1 Å². The molecule has 4 aromatic rings. The number of hydrogen-bond acceptors (Lipinski definition) is 8. The minimum Gasteiger partial charge on any atom is -0.493 e. The van der Waals surface area contributed by atoms with Crippen molar-refractivity contribution in [2.24, 2.45) is 0 Å². The molecule has 4 rings (SSSR count). The maximum atomic E-state index is 12.8. The first-order chi connectivity index (χ1) is 18.5. The quantitative estimate of drug-likeness (QED) is 0.300.